The van der Waals surface area contributed by atoms with Crippen LogP contribution in [0.4, 0.5) is 18.9 Å². The number of phenols is 1. The van der Waals surface area contributed by atoms with Gasteiger partial charge in [-0.25, -0.2) is 13.2 Å². The van der Waals surface area contributed by atoms with Crippen molar-refractivity contribution < 1.29 is 52.8 Å². The number of fused-ring (bicyclic) bond motifs is 3. The minimum absolute atomic E-state index is 0.0460. The fourth-order valence-corrected chi connectivity index (χ4v) is 6.07. The van der Waals surface area contributed by atoms with E-state index < -0.39 is 118 Å². The van der Waals surface area contributed by atoms with E-state index in [1.54, 1.807) is 0 Å². The highest BCUT2D eigenvalue weighted by molar-refractivity contribution is 6.22. The van der Waals surface area contributed by atoms with Gasteiger partial charge in [-0.3, -0.25) is 24.1 Å². The molecular weight excluding hydrogens is 527 g/mol. The molecule has 0 radical (unpaired) electrons. The highest BCUT2D eigenvalue weighted by Crippen LogP contribution is 2.53. The molecule has 39 heavy (non-hydrogen) atoms. The summed E-state index contributed by atoms with van der Waals surface area (Å²) in [6.07, 6.45) is -1.35. The third-order valence-electron chi connectivity index (χ3n) is 7.90. The number of carbonyl (C=O) groups is 4. The smallest absolute Gasteiger partial charge is 0.261 e. The predicted molar refractivity (Wildman–Crippen MR) is 126 cm³/mol. The molecule has 7 N–H and O–H groups in total. The summed E-state index contributed by atoms with van der Waals surface area (Å²) in [7, 11) is 0. The fraction of sp³-hybridized carbons (Fsp3) is 0.440. The van der Waals surface area contributed by atoms with Crippen LogP contribution in [0, 0.1) is 17.7 Å². The number of aliphatic hydroxyl groups is 3. The Morgan fingerprint density at radius 2 is 1.87 bits per heavy atom. The van der Waals surface area contributed by atoms with Crippen molar-refractivity contribution in [2.24, 2.45) is 17.6 Å². The quantitative estimate of drug-likeness (QED) is 0.233. The molecule has 2 fully saturated rings. The zero-order chi connectivity index (χ0) is 28.6. The van der Waals surface area contributed by atoms with E-state index in [1.807, 2.05) is 0 Å². The molecule has 0 bridgehead atoms. The van der Waals surface area contributed by atoms with Crippen molar-refractivity contribution in [3.8, 4) is 5.75 Å². The van der Waals surface area contributed by atoms with Crippen LogP contribution < -0.4 is 11.1 Å². The second-order valence-electron chi connectivity index (χ2n) is 10.4. The summed E-state index contributed by atoms with van der Waals surface area (Å²) in [6.45, 7) is -1.16. The second kappa shape index (κ2) is 8.81. The molecule has 0 aromatic heterocycles. The lowest BCUT2D eigenvalue weighted by Crippen LogP contribution is -2.58. The number of benzene rings is 1. The third kappa shape index (κ3) is 4.05. The largest absolute Gasteiger partial charge is 0.508 e. The van der Waals surface area contributed by atoms with Gasteiger partial charge in [-0.1, -0.05) is 0 Å². The summed E-state index contributed by atoms with van der Waals surface area (Å²) in [5.74, 6) is -13.3. The maximum Gasteiger partial charge on any atom is 0.261 e. The summed E-state index contributed by atoms with van der Waals surface area (Å²) in [4.78, 5) is 51.2. The van der Waals surface area contributed by atoms with Gasteiger partial charge in [0.05, 0.1) is 24.3 Å². The van der Waals surface area contributed by atoms with Crippen LogP contribution in [0.3, 0.4) is 0 Å². The minimum Gasteiger partial charge on any atom is -0.508 e. The molecule has 0 spiro atoms. The highest BCUT2D eigenvalue weighted by atomic mass is 19.3. The second-order valence-corrected chi connectivity index (χ2v) is 10.4. The Bertz CT molecular complexity index is 1420. The van der Waals surface area contributed by atoms with Gasteiger partial charge in [-0.15, -0.1) is 0 Å². The van der Waals surface area contributed by atoms with E-state index in [9.17, 15) is 48.4 Å². The van der Waals surface area contributed by atoms with Crippen LogP contribution in [0.15, 0.2) is 23.0 Å². The molecule has 3 aliphatic carbocycles. The van der Waals surface area contributed by atoms with Crippen molar-refractivity contribution in [2.75, 3.05) is 25.0 Å². The molecule has 3 atom stereocenters. The summed E-state index contributed by atoms with van der Waals surface area (Å²) >= 11 is 0. The third-order valence-corrected chi connectivity index (χ3v) is 7.90. The highest BCUT2D eigenvalue weighted by Gasteiger charge is 2.60. The number of nitrogens with two attached hydrogens (primary N) is 1. The number of alkyl halides is 2. The van der Waals surface area contributed by atoms with E-state index in [2.05, 4.69) is 5.32 Å². The number of halogens is 3. The van der Waals surface area contributed by atoms with Crippen LogP contribution in [0.1, 0.15) is 30.4 Å². The Morgan fingerprint density at radius 3 is 2.49 bits per heavy atom. The fourth-order valence-electron chi connectivity index (χ4n) is 6.07. The number of aromatic hydroxyl groups is 1. The summed E-state index contributed by atoms with van der Waals surface area (Å²) in [5.41, 5.74) is -0.263. The first-order valence-corrected chi connectivity index (χ1v) is 12.1. The lowest BCUT2D eigenvalue weighted by molar-refractivity contribution is -0.147. The number of primary amides is 1. The van der Waals surface area contributed by atoms with Crippen LogP contribution in [0.2, 0.25) is 0 Å². The number of likely N-dealkylation sites (tertiary alicyclic amines) is 1. The average molecular weight is 551 g/mol. The number of rotatable bonds is 4. The zero-order valence-electron chi connectivity index (χ0n) is 20.3. The Kier molecular flexibility index (Phi) is 6.03. The number of hydrogen-bond acceptors (Lipinski definition) is 9. The van der Waals surface area contributed by atoms with Crippen molar-refractivity contribution >= 4 is 34.8 Å². The number of anilines is 1. The molecule has 208 valence electrons. The molecule has 1 saturated carbocycles. The first-order chi connectivity index (χ1) is 18.2. The first kappa shape index (κ1) is 26.7. The van der Waals surface area contributed by atoms with Gasteiger partial charge in [0.1, 0.15) is 22.9 Å². The standard InChI is InChI=1S/C25H24F3N3O8/c26-12-6-13(30-15(33)7-31-2-1-24(27,28)8-31)19(34)17-11(12)4-9-3-10-5-14(32)18(23(29)38)22(37)25(10,39)21(36)16(9)20(17)35/h6,9-10,34-35,37,39H,1-5,7-8H2,(H2,29,38)(H,30,33)/t9?,10-,25-/m0/s1. The number of nitrogens with one attached hydrogen (secondary N) is 1. The van der Waals surface area contributed by atoms with Gasteiger partial charge in [0.25, 0.3) is 11.8 Å². The van der Waals surface area contributed by atoms with Gasteiger partial charge < -0.3 is 31.5 Å². The van der Waals surface area contributed by atoms with Crippen LogP contribution >= 0.6 is 0 Å². The lowest BCUT2D eigenvalue weighted by atomic mass is 9.59. The van der Waals surface area contributed by atoms with E-state index in [0.717, 1.165) is 6.07 Å². The average Bonchev–Trinajstić information content (AvgIpc) is 3.17. The van der Waals surface area contributed by atoms with Crippen molar-refractivity contribution in [1.29, 1.82) is 0 Å². The van der Waals surface area contributed by atoms with Crippen LogP contribution in [-0.4, -0.2) is 79.9 Å². The molecule has 1 unspecified atom stereocenters. The molecule has 1 aliphatic heterocycles. The van der Waals surface area contributed by atoms with E-state index >= 15 is 4.39 Å². The van der Waals surface area contributed by atoms with Crippen molar-refractivity contribution in [2.45, 2.75) is 37.2 Å². The maximum atomic E-state index is 15.2. The molecule has 1 saturated heterocycles. The Morgan fingerprint density at radius 1 is 1.18 bits per heavy atom. The van der Waals surface area contributed by atoms with E-state index in [4.69, 9.17) is 5.73 Å². The monoisotopic (exact) mass is 551 g/mol. The summed E-state index contributed by atoms with van der Waals surface area (Å²) in [5, 5.41) is 45.9. The minimum atomic E-state index is -2.95. The number of carbonyl (C=O) groups excluding carboxylic acids is 4. The number of amides is 2. The van der Waals surface area contributed by atoms with Gasteiger partial charge in [-0.05, 0) is 18.8 Å². The van der Waals surface area contributed by atoms with Gasteiger partial charge in [-0.2, -0.15) is 0 Å². The number of ketones is 2. The van der Waals surface area contributed by atoms with Gasteiger partial charge in [0.15, 0.2) is 17.1 Å². The van der Waals surface area contributed by atoms with Gasteiger partial charge >= 0.3 is 0 Å². The molecule has 14 heteroatoms. The van der Waals surface area contributed by atoms with Crippen LogP contribution in [-0.2, 0) is 25.6 Å². The molecule has 1 aromatic carbocycles. The number of aliphatic hydroxyl groups excluding tert-OH is 2. The van der Waals surface area contributed by atoms with Crippen molar-refractivity contribution in [3.05, 3.63) is 39.9 Å². The SMILES string of the molecule is NC(=O)C1=C(O)[C@@]2(O)C(=O)C3=C(O)c4c(O)c(NC(=O)CN5CCC(F)(F)C5)cc(F)c4CC3C[C@H]2CC1=O. The maximum absolute atomic E-state index is 15.2. The zero-order valence-corrected chi connectivity index (χ0v) is 20.3. The summed E-state index contributed by atoms with van der Waals surface area (Å²) < 4.78 is 42.0. The normalized spacial score (nSPS) is 28.2. The van der Waals surface area contributed by atoms with E-state index in [-0.39, 0.29) is 24.9 Å². The first-order valence-electron chi connectivity index (χ1n) is 12.1. The van der Waals surface area contributed by atoms with Crippen molar-refractivity contribution in [3.63, 3.8) is 0 Å². The van der Waals surface area contributed by atoms with Crippen molar-refractivity contribution in [1.82, 2.24) is 4.90 Å². The van der Waals surface area contributed by atoms with Crippen LogP contribution in [0.5, 0.6) is 5.75 Å². The molecule has 1 heterocycles. The predicted octanol–water partition coefficient (Wildman–Crippen LogP) is 0.842. The Labute approximate surface area is 218 Å². The molecule has 11 nitrogen and oxygen atoms in total. The summed E-state index contributed by atoms with van der Waals surface area (Å²) in [6, 6.07) is 0.793. The Balaban J connectivity index is 1.52. The number of Topliss-reactive ketones (excluding diaryl/α,β-unsaturated/α-hetero) is 2. The number of phenolic OH excluding ortho intramolecular Hbond substituents is 1. The van der Waals surface area contributed by atoms with E-state index in [1.165, 1.54) is 4.90 Å². The molecule has 2 amide bonds. The number of hydrogen-bond donors (Lipinski definition) is 6. The molecule has 1 aromatic rings. The topological polar surface area (TPSA) is 190 Å². The molecule has 5 rings (SSSR count). The lowest BCUT2D eigenvalue weighted by Gasteiger charge is -2.46. The van der Waals surface area contributed by atoms with E-state index in [0.29, 0.717) is 0 Å². The van der Waals surface area contributed by atoms with Gasteiger partial charge in [0, 0.05) is 42.5 Å². The number of nitrogens with zero attached hydrogens (tertiary/aromatic N) is 1. The van der Waals surface area contributed by atoms with Crippen LogP contribution in [0.25, 0.3) is 5.76 Å². The van der Waals surface area contributed by atoms with Gasteiger partial charge in [0.2, 0.25) is 11.7 Å². The Hall–Kier alpha value is -3.91. The molecule has 4 aliphatic rings. The molecular formula is C25H24F3N3O8.